The summed E-state index contributed by atoms with van der Waals surface area (Å²) in [4.78, 5) is 12.7. The van der Waals surface area contributed by atoms with E-state index in [1.54, 1.807) is 30.3 Å². The van der Waals surface area contributed by atoms with Gasteiger partial charge in [0.25, 0.3) is 5.88 Å². The first-order valence-corrected chi connectivity index (χ1v) is 9.38. The quantitative estimate of drug-likeness (QED) is 0.459. The number of fused-ring (bicyclic) bond motifs is 1. The van der Waals surface area contributed by atoms with Gasteiger partial charge in [-0.3, -0.25) is 4.79 Å². The van der Waals surface area contributed by atoms with E-state index in [4.69, 9.17) is 26.5 Å². The Morgan fingerprint density at radius 2 is 2.07 bits per heavy atom. The van der Waals surface area contributed by atoms with E-state index < -0.39 is 0 Å². The predicted molar refractivity (Wildman–Crippen MR) is 102 cm³/mol. The highest BCUT2D eigenvalue weighted by atomic mass is 35.5. The number of aromatic nitrogens is 4. The standard InChI is InChI=1S/C19H22ClN5O3/c1-4-14(5-2)28-17-6-7-18-24(23-19(21)25(18)22-17)11-16(26)12-8-13(20)10-15(9-12)27-3/h6-10,14,21H,4-5,11H2,1-3H3. The highest BCUT2D eigenvalue weighted by Crippen LogP contribution is 2.21. The van der Waals surface area contributed by atoms with Crippen molar-refractivity contribution >= 4 is 23.0 Å². The molecule has 2 aromatic heterocycles. The minimum Gasteiger partial charge on any atom is -0.497 e. The van der Waals surface area contributed by atoms with Crippen LogP contribution in [0, 0.1) is 5.41 Å². The molecule has 1 N–H and O–H groups in total. The second-order valence-corrected chi connectivity index (χ2v) is 6.72. The van der Waals surface area contributed by atoms with Crippen LogP contribution < -0.4 is 24.9 Å². The molecule has 0 atom stereocenters. The van der Waals surface area contributed by atoms with E-state index in [0.717, 1.165) is 12.8 Å². The molecule has 0 spiro atoms. The maximum absolute atomic E-state index is 12.7. The van der Waals surface area contributed by atoms with Crippen LogP contribution in [0.2, 0.25) is 5.02 Å². The average molecular weight is 404 g/mol. The second-order valence-electron chi connectivity index (χ2n) is 6.28. The molecule has 148 valence electrons. The molecule has 0 aliphatic heterocycles. The summed E-state index contributed by atoms with van der Waals surface area (Å²) >= 11 is 6.05. The number of carbonyl (C=O) groups is 1. The number of ether oxygens (including phenoxy) is 2. The first-order chi connectivity index (χ1) is 13.4. The van der Waals surface area contributed by atoms with Crippen molar-refractivity contribution < 1.29 is 19.0 Å². The third-order valence-electron chi connectivity index (χ3n) is 4.39. The molecule has 0 saturated carbocycles. The van der Waals surface area contributed by atoms with Gasteiger partial charge in [-0.25, -0.2) is 0 Å². The van der Waals surface area contributed by atoms with Crippen LogP contribution in [-0.2, 0) is 6.54 Å². The van der Waals surface area contributed by atoms with E-state index in [9.17, 15) is 4.79 Å². The maximum Gasteiger partial charge on any atom is 0.317 e. The number of ketones is 1. The third kappa shape index (κ3) is 4.17. The van der Waals surface area contributed by atoms with Crippen molar-refractivity contribution in [3.8, 4) is 11.6 Å². The number of hydrogen-bond donors (Lipinski definition) is 1. The number of methoxy groups -OCH3 is 1. The van der Waals surface area contributed by atoms with Gasteiger partial charge in [-0.1, -0.05) is 30.0 Å². The van der Waals surface area contributed by atoms with Gasteiger partial charge < -0.3 is 14.9 Å². The summed E-state index contributed by atoms with van der Waals surface area (Å²) in [6.07, 6.45) is 1.80. The molecular weight excluding hydrogens is 382 g/mol. The topological polar surface area (TPSA) is 94.7 Å². The monoisotopic (exact) mass is 403 g/mol. The zero-order valence-electron chi connectivity index (χ0n) is 16.0. The summed E-state index contributed by atoms with van der Waals surface area (Å²) in [6, 6.07) is 8.28. The highest BCUT2D eigenvalue weighted by Gasteiger charge is 2.19. The minimum absolute atomic E-state index is 0.0553. The van der Waals surface area contributed by atoms with Crippen LogP contribution in [0.5, 0.6) is 11.6 Å². The molecule has 8 nitrogen and oxygen atoms in total. The normalized spacial score (nSPS) is 11.2. The van der Waals surface area contributed by atoms with E-state index in [2.05, 4.69) is 10.2 Å². The Morgan fingerprint density at radius 1 is 1.32 bits per heavy atom. The number of Topliss-reactive ketones (excluding diaryl/α,β-unsaturated/α-hetero) is 1. The van der Waals surface area contributed by atoms with Crippen molar-refractivity contribution in [1.29, 1.82) is 5.41 Å². The number of nitrogens with zero attached hydrogens (tertiary/aromatic N) is 4. The van der Waals surface area contributed by atoms with E-state index in [1.807, 2.05) is 13.8 Å². The zero-order chi connectivity index (χ0) is 20.3. The Hall–Kier alpha value is -2.87. The second kappa shape index (κ2) is 8.43. The Balaban J connectivity index is 1.89. The molecule has 0 aliphatic rings. The fourth-order valence-corrected chi connectivity index (χ4v) is 3.06. The first-order valence-electron chi connectivity index (χ1n) is 9.01. The lowest BCUT2D eigenvalue weighted by Crippen LogP contribution is -2.43. The molecule has 3 aromatic rings. The molecule has 0 bridgehead atoms. The molecule has 0 saturated heterocycles. The molecule has 0 unspecified atom stereocenters. The molecule has 0 radical (unpaired) electrons. The SMILES string of the molecule is CCC(CC)Oc1ccc2n(n1)c(=N)[n-][n+]2CC(=O)c1cc(Cl)cc(OC)c1. The van der Waals surface area contributed by atoms with Gasteiger partial charge in [0.15, 0.2) is 6.54 Å². The van der Waals surface area contributed by atoms with Crippen molar-refractivity contribution in [2.45, 2.75) is 39.3 Å². The van der Waals surface area contributed by atoms with E-state index in [0.29, 0.717) is 27.9 Å². The Kier molecular flexibility index (Phi) is 5.99. The van der Waals surface area contributed by atoms with E-state index in [-0.39, 0.29) is 24.1 Å². The minimum atomic E-state index is -0.205. The Bertz CT molecular complexity index is 1060. The summed E-state index contributed by atoms with van der Waals surface area (Å²) in [5.74, 6) is 0.717. The fraction of sp³-hybridized carbons (Fsp3) is 0.368. The number of nitrogens with one attached hydrogen (secondary N) is 1. The van der Waals surface area contributed by atoms with Crippen molar-refractivity contribution in [1.82, 2.24) is 14.7 Å². The van der Waals surface area contributed by atoms with Gasteiger partial charge in [-0.15, -0.1) is 0 Å². The van der Waals surface area contributed by atoms with Crippen molar-refractivity contribution in [3.05, 3.63) is 46.5 Å². The van der Waals surface area contributed by atoms with Crippen molar-refractivity contribution in [3.63, 3.8) is 0 Å². The molecule has 2 heterocycles. The van der Waals surface area contributed by atoms with Crippen LogP contribution in [0.3, 0.4) is 0 Å². The zero-order valence-corrected chi connectivity index (χ0v) is 16.7. The lowest BCUT2D eigenvalue weighted by molar-refractivity contribution is -0.721. The summed E-state index contributed by atoms with van der Waals surface area (Å²) in [6.45, 7) is 4.04. The van der Waals surface area contributed by atoms with Gasteiger partial charge in [-0.2, -0.15) is 9.78 Å². The first kappa shape index (κ1) is 19.9. The van der Waals surface area contributed by atoms with Crippen LogP contribution in [0.25, 0.3) is 5.65 Å². The molecule has 0 aliphatic carbocycles. The largest absolute Gasteiger partial charge is 0.497 e. The summed E-state index contributed by atoms with van der Waals surface area (Å²) in [5, 5.41) is 16.9. The van der Waals surface area contributed by atoms with Crippen molar-refractivity contribution in [2.75, 3.05) is 7.11 Å². The van der Waals surface area contributed by atoms with Crippen LogP contribution in [-0.4, -0.2) is 28.6 Å². The predicted octanol–water partition coefficient (Wildman–Crippen LogP) is 2.17. The van der Waals surface area contributed by atoms with Crippen LogP contribution in [0.15, 0.2) is 30.3 Å². The van der Waals surface area contributed by atoms with Crippen LogP contribution in [0.4, 0.5) is 0 Å². The van der Waals surface area contributed by atoms with E-state index >= 15 is 0 Å². The third-order valence-corrected chi connectivity index (χ3v) is 4.61. The number of benzene rings is 1. The molecule has 3 rings (SSSR count). The number of hydrogen-bond acceptors (Lipinski definition) is 5. The molecule has 9 heteroatoms. The van der Waals surface area contributed by atoms with Gasteiger partial charge in [0, 0.05) is 22.7 Å². The van der Waals surface area contributed by atoms with Gasteiger partial charge >= 0.3 is 5.65 Å². The smallest absolute Gasteiger partial charge is 0.317 e. The highest BCUT2D eigenvalue weighted by molar-refractivity contribution is 6.31. The maximum atomic E-state index is 12.7. The molecule has 0 fully saturated rings. The van der Waals surface area contributed by atoms with Gasteiger partial charge in [0.2, 0.25) is 11.4 Å². The van der Waals surface area contributed by atoms with Gasteiger partial charge in [0.05, 0.1) is 7.11 Å². The molecule has 1 aromatic carbocycles. The van der Waals surface area contributed by atoms with Gasteiger partial charge in [0.1, 0.15) is 11.9 Å². The summed E-state index contributed by atoms with van der Waals surface area (Å²) in [7, 11) is 1.51. The fourth-order valence-electron chi connectivity index (χ4n) is 2.83. The average Bonchev–Trinajstić information content (AvgIpc) is 3.00. The van der Waals surface area contributed by atoms with Crippen LogP contribution >= 0.6 is 11.6 Å². The molecule has 0 amide bonds. The van der Waals surface area contributed by atoms with Gasteiger partial charge in [-0.05, 0) is 36.1 Å². The summed E-state index contributed by atoms with van der Waals surface area (Å²) in [5.41, 5.74) is 0.844. The molecular formula is C19H22ClN5O3. The Morgan fingerprint density at radius 3 is 2.75 bits per heavy atom. The van der Waals surface area contributed by atoms with Crippen LogP contribution in [0.1, 0.15) is 37.0 Å². The summed E-state index contributed by atoms with van der Waals surface area (Å²) < 4.78 is 13.8. The van der Waals surface area contributed by atoms with E-state index in [1.165, 1.54) is 16.3 Å². The lowest BCUT2D eigenvalue weighted by Gasteiger charge is -2.13. The lowest BCUT2D eigenvalue weighted by atomic mass is 10.1. The number of carbonyl (C=O) groups excluding carboxylic acids is 1. The van der Waals surface area contributed by atoms with Crippen molar-refractivity contribution in [2.24, 2.45) is 0 Å². The number of rotatable bonds is 8. The number of halogens is 1. The Labute approximate surface area is 167 Å². The molecule has 28 heavy (non-hydrogen) atoms.